The van der Waals surface area contributed by atoms with E-state index in [-0.39, 0.29) is 29.9 Å². The molecule has 1 atom stereocenters. The number of nitrogens with zero attached hydrogens (tertiary/aromatic N) is 5. The summed E-state index contributed by atoms with van der Waals surface area (Å²) in [6.07, 6.45) is 1.78. The van der Waals surface area contributed by atoms with Gasteiger partial charge in [-0.05, 0) is 19.5 Å². The van der Waals surface area contributed by atoms with Crippen molar-refractivity contribution in [3.63, 3.8) is 0 Å². The van der Waals surface area contributed by atoms with Crippen LogP contribution in [-0.4, -0.2) is 88.0 Å². The summed E-state index contributed by atoms with van der Waals surface area (Å²) in [4.78, 5) is 35.2. The van der Waals surface area contributed by atoms with Gasteiger partial charge in [0.25, 0.3) is 0 Å². The van der Waals surface area contributed by atoms with Crippen molar-refractivity contribution in [1.29, 1.82) is 0 Å². The number of likely N-dealkylation sites (tertiary alicyclic amines) is 1. The minimum atomic E-state index is -0.321. The number of benzene rings is 1. The summed E-state index contributed by atoms with van der Waals surface area (Å²) in [6, 6.07) is 11.9. The van der Waals surface area contributed by atoms with Crippen LogP contribution >= 0.6 is 0 Å². The van der Waals surface area contributed by atoms with Crippen LogP contribution in [0.15, 0.2) is 40.9 Å². The molecule has 1 aromatic heterocycles. The van der Waals surface area contributed by atoms with Crippen LogP contribution < -0.4 is 0 Å². The average Bonchev–Trinajstić information content (AvgIpc) is 3.30. The molecule has 0 unspecified atom stereocenters. The lowest BCUT2D eigenvalue weighted by atomic mass is 9.92. The quantitative estimate of drug-likeness (QED) is 0.722. The zero-order valence-electron chi connectivity index (χ0n) is 18.9. The molecule has 3 saturated heterocycles. The monoisotopic (exact) mass is 437 g/mol. The second-order valence-corrected chi connectivity index (χ2v) is 9.36. The van der Waals surface area contributed by atoms with Crippen LogP contribution in [0.25, 0.3) is 0 Å². The number of amides is 2. The van der Waals surface area contributed by atoms with Crippen molar-refractivity contribution in [2.75, 3.05) is 39.8 Å². The first-order valence-electron chi connectivity index (χ1n) is 11.5. The maximum absolute atomic E-state index is 13.6. The van der Waals surface area contributed by atoms with Gasteiger partial charge in [-0.25, -0.2) is 0 Å². The zero-order valence-corrected chi connectivity index (χ0v) is 18.9. The van der Waals surface area contributed by atoms with Gasteiger partial charge in [0.15, 0.2) is 0 Å². The van der Waals surface area contributed by atoms with E-state index in [0.29, 0.717) is 25.4 Å². The number of piperazine rings is 1. The molecule has 8 nitrogen and oxygen atoms in total. The lowest BCUT2D eigenvalue weighted by molar-refractivity contribution is -0.140. The predicted molar refractivity (Wildman–Crippen MR) is 118 cm³/mol. The average molecular weight is 438 g/mol. The Bertz CT molecular complexity index is 983. The Morgan fingerprint density at radius 1 is 1.16 bits per heavy atom. The van der Waals surface area contributed by atoms with Crippen molar-refractivity contribution >= 4 is 11.8 Å². The minimum Gasteiger partial charge on any atom is -0.361 e. The Labute approximate surface area is 188 Å². The van der Waals surface area contributed by atoms with Gasteiger partial charge in [0.1, 0.15) is 17.5 Å². The number of piperidine rings is 1. The smallest absolute Gasteiger partial charge is 0.243 e. The highest BCUT2D eigenvalue weighted by Crippen LogP contribution is 2.42. The van der Waals surface area contributed by atoms with Gasteiger partial charge in [0.05, 0.1) is 12.1 Å². The molecule has 32 heavy (non-hydrogen) atoms. The van der Waals surface area contributed by atoms with E-state index < -0.39 is 0 Å². The van der Waals surface area contributed by atoms with Crippen molar-refractivity contribution in [3.8, 4) is 0 Å². The van der Waals surface area contributed by atoms with Crippen molar-refractivity contribution in [1.82, 2.24) is 24.8 Å². The molecule has 8 heteroatoms. The van der Waals surface area contributed by atoms with Crippen molar-refractivity contribution < 1.29 is 14.1 Å². The molecule has 0 N–H and O–H groups in total. The Balaban J connectivity index is 1.35. The van der Waals surface area contributed by atoms with E-state index in [2.05, 4.69) is 39.0 Å². The number of hydrogen-bond donors (Lipinski definition) is 0. The summed E-state index contributed by atoms with van der Waals surface area (Å²) in [5.74, 6) is 0.885. The summed E-state index contributed by atoms with van der Waals surface area (Å²) in [5, 5.41) is 3.88. The molecule has 0 bridgehead atoms. The first-order valence-corrected chi connectivity index (χ1v) is 11.5. The van der Waals surface area contributed by atoms with E-state index in [1.165, 1.54) is 0 Å². The van der Waals surface area contributed by atoms with Gasteiger partial charge in [0.2, 0.25) is 11.8 Å². The standard InChI is InChI=1S/C24H31N5O3/c1-18-14-20(32-25-18)15-22(30)27-10-8-24(9-11-27)28-13-12-26(2)17-21(28)23(31)29(24)16-19-6-4-3-5-7-19/h3-7,14,21H,8-13,15-17H2,1-2H3/t21-/m1/s1. The number of rotatable bonds is 4. The van der Waals surface area contributed by atoms with E-state index in [9.17, 15) is 9.59 Å². The number of carbonyl (C=O) groups is 2. The second kappa shape index (κ2) is 8.33. The summed E-state index contributed by atoms with van der Waals surface area (Å²) < 4.78 is 5.23. The molecule has 1 aromatic carbocycles. The van der Waals surface area contributed by atoms with E-state index in [4.69, 9.17) is 4.52 Å². The Hall–Kier alpha value is -2.71. The number of hydrogen-bond acceptors (Lipinski definition) is 6. The third kappa shape index (κ3) is 3.71. The topological polar surface area (TPSA) is 73.1 Å². The SMILES string of the molecule is Cc1cc(CC(=O)N2CCC3(CC2)N(Cc2ccccc2)C(=O)[C@H]2CN(C)CCN23)on1. The molecule has 3 aliphatic heterocycles. The normalized spacial score (nSPS) is 23.7. The van der Waals surface area contributed by atoms with Crippen LogP contribution in [0.5, 0.6) is 0 Å². The Kier molecular flexibility index (Phi) is 5.51. The van der Waals surface area contributed by atoms with E-state index in [1.807, 2.05) is 36.1 Å². The van der Waals surface area contributed by atoms with Gasteiger partial charge < -0.3 is 19.2 Å². The van der Waals surface area contributed by atoms with Crippen molar-refractivity contribution in [2.24, 2.45) is 0 Å². The maximum atomic E-state index is 13.6. The lowest BCUT2D eigenvalue weighted by Gasteiger charge is -2.50. The second-order valence-electron chi connectivity index (χ2n) is 9.36. The largest absolute Gasteiger partial charge is 0.361 e. The molecule has 2 amide bonds. The summed E-state index contributed by atoms with van der Waals surface area (Å²) in [6.45, 7) is 6.35. The van der Waals surface area contributed by atoms with Crippen molar-refractivity contribution in [2.45, 2.75) is 44.4 Å². The first-order chi connectivity index (χ1) is 15.5. The molecule has 0 radical (unpaired) electrons. The molecule has 3 aliphatic rings. The third-order valence-electron chi connectivity index (χ3n) is 7.27. The van der Waals surface area contributed by atoms with E-state index in [0.717, 1.165) is 43.7 Å². The molecular formula is C24H31N5O3. The van der Waals surface area contributed by atoms with Crippen LogP contribution in [0.4, 0.5) is 0 Å². The molecular weight excluding hydrogens is 406 g/mol. The van der Waals surface area contributed by atoms with E-state index in [1.54, 1.807) is 0 Å². The Morgan fingerprint density at radius 3 is 2.59 bits per heavy atom. The first kappa shape index (κ1) is 21.2. The minimum absolute atomic E-state index is 0.0601. The third-order valence-corrected chi connectivity index (χ3v) is 7.27. The zero-order chi connectivity index (χ0) is 22.3. The fraction of sp³-hybridized carbons (Fsp3) is 0.542. The Morgan fingerprint density at radius 2 is 1.91 bits per heavy atom. The van der Waals surface area contributed by atoms with Crippen LogP contribution in [0.3, 0.4) is 0 Å². The number of likely N-dealkylation sites (N-methyl/N-ethyl adjacent to an activating group) is 1. The molecule has 5 rings (SSSR count). The van der Waals surface area contributed by atoms with Gasteiger partial charge >= 0.3 is 0 Å². The number of fused-ring (bicyclic) bond motifs is 2. The summed E-state index contributed by atoms with van der Waals surface area (Å²) in [5.41, 5.74) is 1.61. The molecule has 4 heterocycles. The molecule has 1 spiro atoms. The maximum Gasteiger partial charge on any atom is 0.243 e. The molecule has 2 aromatic rings. The highest BCUT2D eigenvalue weighted by molar-refractivity contribution is 5.86. The van der Waals surface area contributed by atoms with Crippen LogP contribution in [0.1, 0.15) is 29.9 Å². The molecule has 170 valence electrons. The predicted octanol–water partition coefficient (Wildman–Crippen LogP) is 1.50. The van der Waals surface area contributed by atoms with Gasteiger partial charge in [0, 0.05) is 58.2 Å². The van der Waals surface area contributed by atoms with Crippen LogP contribution in [0.2, 0.25) is 0 Å². The highest BCUT2D eigenvalue weighted by Gasteiger charge is 2.58. The molecule has 0 aliphatic carbocycles. The van der Waals surface area contributed by atoms with Crippen LogP contribution in [0, 0.1) is 6.92 Å². The van der Waals surface area contributed by atoms with Gasteiger partial charge in [-0.3, -0.25) is 14.5 Å². The number of carbonyl (C=O) groups excluding carboxylic acids is 2. The lowest BCUT2D eigenvalue weighted by Crippen LogP contribution is -2.63. The number of aryl methyl sites for hydroxylation is 1. The van der Waals surface area contributed by atoms with Crippen molar-refractivity contribution in [3.05, 3.63) is 53.4 Å². The fourth-order valence-corrected chi connectivity index (χ4v) is 5.59. The van der Waals surface area contributed by atoms with Gasteiger partial charge in [-0.1, -0.05) is 35.5 Å². The van der Waals surface area contributed by atoms with Crippen LogP contribution in [-0.2, 0) is 22.6 Å². The van der Waals surface area contributed by atoms with E-state index >= 15 is 0 Å². The summed E-state index contributed by atoms with van der Waals surface area (Å²) >= 11 is 0. The highest BCUT2D eigenvalue weighted by atomic mass is 16.5. The van der Waals surface area contributed by atoms with Gasteiger partial charge in [-0.15, -0.1) is 0 Å². The molecule has 0 saturated carbocycles. The summed E-state index contributed by atoms with van der Waals surface area (Å²) in [7, 11) is 2.09. The fourth-order valence-electron chi connectivity index (χ4n) is 5.59. The van der Waals surface area contributed by atoms with Gasteiger partial charge in [-0.2, -0.15) is 0 Å². The molecule has 3 fully saturated rings. The number of aromatic nitrogens is 1.